The maximum Gasteiger partial charge on any atom is 0.329 e. The molecule has 1 aliphatic rings. The van der Waals surface area contributed by atoms with Crippen LogP contribution in [0.1, 0.15) is 56.1 Å². The summed E-state index contributed by atoms with van der Waals surface area (Å²) >= 11 is 0. The predicted molar refractivity (Wildman–Crippen MR) is 150 cm³/mol. The van der Waals surface area contributed by atoms with Crippen LogP contribution in [0.4, 0.5) is 4.39 Å². The summed E-state index contributed by atoms with van der Waals surface area (Å²) in [6.07, 6.45) is 9.09. The van der Waals surface area contributed by atoms with Crippen LogP contribution in [0.15, 0.2) is 54.7 Å². The quantitative estimate of drug-likeness (QED) is 0.354. The number of imidazole rings is 2. The van der Waals surface area contributed by atoms with Crippen molar-refractivity contribution in [3.63, 3.8) is 0 Å². The van der Waals surface area contributed by atoms with E-state index in [1.54, 1.807) is 31.3 Å². The number of aliphatic hydroxyl groups excluding tert-OH is 1. The van der Waals surface area contributed by atoms with Crippen LogP contribution in [-0.2, 0) is 27.2 Å². The van der Waals surface area contributed by atoms with Crippen LogP contribution in [0.3, 0.4) is 0 Å². The second-order valence-corrected chi connectivity index (χ2v) is 10.6. The summed E-state index contributed by atoms with van der Waals surface area (Å²) in [6, 6.07) is -1.07. The normalized spacial score (nSPS) is 26.6. The Morgan fingerprint density at radius 3 is 2.68 bits per heavy atom. The lowest BCUT2D eigenvalue weighted by Gasteiger charge is -2.28. The molecule has 2 aromatic rings. The average molecular weight is 571 g/mol. The van der Waals surface area contributed by atoms with Gasteiger partial charge in [0.05, 0.1) is 18.6 Å². The zero-order valence-electron chi connectivity index (χ0n) is 23.8. The number of aliphatic hydroxyl groups is 1. The summed E-state index contributed by atoms with van der Waals surface area (Å²) in [7, 11) is 0. The van der Waals surface area contributed by atoms with Gasteiger partial charge in [-0.1, -0.05) is 50.6 Å². The van der Waals surface area contributed by atoms with Gasteiger partial charge in [0.1, 0.15) is 29.8 Å². The van der Waals surface area contributed by atoms with Gasteiger partial charge in [-0.2, -0.15) is 0 Å². The minimum atomic E-state index is -1.43. The van der Waals surface area contributed by atoms with Crippen molar-refractivity contribution < 1.29 is 28.6 Å². The largest absolute Gasteiger partial charge is 0.460 e. The van der Waals surface area contributed by atoms with Crippen molar-refractivity contribution >= 4 is 17.8 Å². The molecule has 0 spiro atoms. The topological polar surface area (TPSA) is 162 Å². The lowest BCUT2D eigenvalue weighted by molar-refractivity contribution is -0.155. The number of H-pyrrole nitrogens is 2. The number of aromatic amines is 2. The van der Waals surface area contributed by atoms with E-state index in [1.807, 2.05) is 20.8 Å². The number of hydrogen-bond donors (Lipinski definition) is 5. The average Bonchev–Trinajstić information content (AvgIpc) is 3.59. The number of carbonyl (C=O) groups is 3. The van der Waals surface area contributed by atoms with Gasteiger partial charge >= 0.3 is 5.97 Å². The number of esters is 1. The number of alkyl halides is 1. The highest BCUT2D eigenvalue weighted by Crippen LogP contribution is 2.20. The first-order valence-electron chi connectivity index (χ1n) is 13.7. The summed E-state index contributed by atoms with van der Waals surface area (Å²) in [6.45, 7) is 7.67. The van der Waals surface area contributed by atoms with Gasteiger partial charge in [-0.3, -0.25) is 9.59 Å². The highest BCUT2D eigenvalue weighted by atomic mass is 19.1. The van der Waals surface area contributed by atoms with Gasteiger partial charge in [0.15, 0.2) is 0 Å². The maximum absolute atomic E-state index is 14.7. The second kappa shape index (κ2) is 15.1. The van der Waals surface area contributed by atoms with E-state index in [-0.39, 0.29) is 55.1 Å². The van der Waals surface area contributed by atoms with E-state index in [9.17, 15) is 23.9 Å². The molecule has 11 nitrogen and oxygen atoms in total. The van der Waals surface area contributed by atoms with Crippen LogP contribution in [-0.4, -0.2) is 73.8 Å². The Hall–Kier alpha value is -4.06. The van der Waals surface area contributed by atoms with Gasteiger partial charge in [-0.25, -0.2) is 19.2 Å². The summed E-state index contributed by atoms with van der Waals surface area (Å²) in [5.41, 5.74) is 1.37. The van der Waals surface area contributed by atoms with Crippen molar-refractivity contribution in [1.82, 2.24) is 30.6 Å². The van der Waals surface area contributed by atoms with Crippen LogP contribution in [0.5, 0.6) is 0 Å². The van der Waals surface area contributed by atoms with Crippen molar-refractivity contribution in [2.24, 2.45) is 11.8 Å². The second-order valence-electron chi connectivity index (χ2n) is 10.6. The molecule has 2 amide bonds. The van der Waals surface area contributed by atoms with Crippen molar-refractivity contribution in [3.05, 3.63) is 71.9 Å². The molecular formula is C29H39FN6O5. The number of carbonyl (C=O) groups excluding carboxylic acids is 3. The molecule has 2 aromatic heterocycles. The molecule has 41 heavy (non-hydrogen) atoms. The Morgan fingerprint density at radius 1 is 1.20 bits per heavy atom. The Kier molecular flexibility index (Phi) is 11.6. The third-order valence-corrected chi connectivity index (χ3v) is 6.56. The Balaban J connectivity index is 1.87. The van der Waals surface area contributed by atoms with Gasteiger partial charge in [0.2, 0.25) is 5.91 Å². The van der Waals surface area contributed by atoms with Crippen LogP contribution in [0.2, 0.25) is 0 Å². The molecule has 0 saturated carbocycles. The molecular weight excluding hydrogens is 531 g/mol. The Morgan fingerprint density at radius 2 is 1.98 bits per heavy atom. The van der Waals surface area contributed by atoms with Crippen LogP contribution in [0, 0.1) is 11.8 Å². The number of rotatable bonds is 3. The van der Waals surface area contributed by atoms with Crippen molar-refractivity contribution in [3.8, 4) is 0 Å². The first-order chi connectivity index (χ1) is 19.5. The lowest BCUT2D eigenvalue weighted by Crippen LogP contribution is -2.46. The standard InChI is InChI=1S/C29H39FN6O5/c1-17(2)27-19(4)7-8-26(38)32-9-5-6-18(3)10-22(37)11-20(30)12-25-33-15-24(35-25)28(39)36-23(29(40)41-27)13-21-14-31-16-34-21/h5-8,10,14-17,19-20,22-23,27,37H,9,11-13H2,1-4H3,(H,31,34)(H,32,38)(H,33,35)(H,36,39)/b6-5?,8-7+,18-10?/t19-,20-,22-,23-,27-/m1/s1. The maximum atomic E-state index is 14.7. The summed E-state index contributed by atoms with van der Waals surface area (Å²) < 4.78 is 20.6. The fraction of sp³-hybridized carbons (Fsp3) is 0.483. The fourth-order valence-electron chi connectivity index (χ4n) is 4.49. The summed E-state index contributed by atoms with van der Waals surface area (Å²) in [4.78, 5) is 52.6. The molecule has 0 aromatic carbocycles. The summed E-state index contributed by atoms with van der Waals surface area (Å²) in [5.74, 6) is -1.75. The molecule has 2 bridgehead atoms. The monoisotopic (exact) mass is 570 g/mol. The highest BCUT2D eigenvalue weighted by molar-refractivity contribution is 5.95. The van der Waals surface area contributed by atoms with Gasteiger partial charge < -0.3 is 30.4 Å². The molecule has 5 N–H and O–H groups in total. The van der Waals surface area contributed by atoms with Gasteiger partial charge in [0.25, 0.3) is 5.91 Å². The zero-order chi connectivity index (χ0) is 29.9. The molecule has 222 valence electrons. The number of cyclic esters (lactones) is 1. The molecule has 3 rings (SSSR count). The third-order valence-electron chi connectivity index (χ3n) is 6.56. The third kappa shape index (κ3) is 10.1. The Bertz CT molecular complexity index is 1250. The smallest absolute Gasteiger partial charge is 0.329 e. The minimum absolute atomic E-state index is 0.0529. The first kappa shape index (κ1) is 31.5. The number of nitrogens with zero attached hydrogens (tertiary/aromatic N) is 2. The van der Waals surface area contributed by atoms with Gasteiger partial charge in [0, 0.05) is 43.6 Å². The molecule has 12 heteroatoms. The lowest BCUT2D eigenvalue weighted by atomic mass is 9.94. The van der Waals surface area contributed by atoms with E-state index in [4.69, 9.17) is 4.74 Å². The van der Waals surface area contributed by atoms with Crippen LogP contribution >= 0.6 is 0 Å². The van der Waals surface area contributed by atoms with E-state index in [1.165, 1.54) is 24.7 Å². The SMILES string of the molecule is CC1=C[C@@H](O)C[C@@H](F)Cc2ncc([nH]2)C(=O)N[C@H](Cc2cnc[nH]2)C(=O)O[C@H](C(C)C)[C@H](C)/C=C/C(=O)NCC=C1. The number of nitrogens with one attached hydrogen (secondary N) is 4. The number of hydrogen-bond acceptors (Lipinski definition) is 7. The fourth-order valence-corrected chi connectivity index (χ4v) is 4.49. The number of amides is 2. The summed E-state index contributed by atoms with van der Waals surface area (Å²) in [5, 5.41) is 15.7. The predicted octanol–water partition coefficient (Wildman–Crippen LogP) is 2.50. The van der Waals surface area contributed by atoms with Gasteiger partial charge in [-0.05, 0) is 18.9 Å². The van der Waals surface area contributed by atoms with Crippen molar-refractivity contribution in [2.75, 3.05) is 6.54 Å². The number of aromatic nitrogens is 4. The molecule has 0 radical (unpaired) electrons. The molecule has 0 saturated heterocycles. The van der Waals surface area contributed by atoms with Crippen molar-refractivity contribution in [1.29, 1.82) is 0 Å². The molecule has 1 aliphatic heterocycles. The first-order valence-corrected chi connectivity index (χ1v) is 13.7. The molecule has 0 aliphatic carbocycles. The number of halogens is 1. The van der Waals surface area contributed by atoms with E-state index in [0.717, 1.165) is 0 Å². The number of allylic oxidation sites excluding steroid dienone is 2. The number of ether oxygens (including phenoxy) is 1. The molecule has 5 atom stereocenters. The number of fused-ring (bicyclic) bond motifs is 2. The van der Waals surface area contributed by atoms with Crippen molar-refractivity contribution in [2.45, 2.75) is 71.4 Å². The minimum Gasteiger partial charge on any atom is -0.460 e. The van der Waals surface area contributed by atoms with Gasteiger partial charge in [-0.15, -0.1) is 0 Å². The van der Waals surface area contributed by atoms with E-state index >= 15 is 0 Å². The molecule has 3 heterocycles. The van der Waals surface area contributed by atoms with E-state index in [0.29, 0.717) is 11.3 Å². The van der Waals surface area contributed by atoms with E-state index in [2.05, 4.69) is 30.6 Å². The Labute approximate surface area is 238 Å². The molecule has 0 unspecified atom stereocenters. The van der Waals surface area contributed by atoms with Crippen LogP contribution < -0.4 is 10.6 Å². The highest BCUT2D eigenvalue weighted by Gasteiger charge is 2.30. The molecule has 0 fully saturated rings. The van der Waals surface area contributed by atoms with E-state index < -0.39 is 36.3 Å². The van der Waals surface area contributed by atoms with Crippen LogP contribution in [0.25, 0.3) is 0 Å². The zero-order valence-corrected chi connectivity index (χ0v) is 23.8.